The summed E-state index contributed by atoms with van der Waals surface area (Å²) in [5.41, 5.74) is 1.36. The molecule has 1 heterocycles. The van der Waals surface area contributed by atoms with Crippen molar-refractivity contribution in [3.63, 3.8) is 0 Å². The summed E-state index contributed by atoms with van der Waals surface area (Å²) in [4.78, 5) is 14.4. The first-order chi connectivity index (χ1) is 10.2. The minimum atomic E-state index is -0.0860. The zero-order valence-electron chi connectivity index (χ0n) is 12.4. The molecule has 0 aliphatic carbocycles. The Labute approximate surface area is 123 Å². The van der Waals surface area contributed by atoms with E-state index in [1.807, 2.05) is 12.1 Å². The molecule has 0 aliphatic heterocycles. The van der Waals surface area contributed by atoms with E-state index in [0.717, 1.165) is 25.3 Å². The van der Waals surface area contributed by atoms with Gasteiger partial charge in [-0.2, -0.15) is 0 Å². The Kier molecular flexibility index (Phi) is 5.39. The second-order valence-electron chi connectivity index (χ2n) is 4.59. The lowest BCUT2D eigenvalue weighted by Gasteiger charge is -2.18. The molecule has 1 aromatic carbocycles. The molecule has 1 amide bonds. The predicted molar refractivity (Wildman–Crippen MR) is 79.3 cm³/mol. The van der Waals surface area contributed by atoms with Gasteiger partial charge in [0.05, 0.1) is 5.69 Å². The zero-order valence-corrected chi connectivity index (χ0v) is 12.4. The van der Waals surface area contributed by atoms with Crippen LogP contribution in [0.3, 0.4) is 0 Å². The lowest BCUT2D eigenvalue weighted by atomic mass is 10.2. The lowest BCUT2D eigenvalue weighted by molar-refractivity contribution is 0.0949. The summed E-state index contributed by atoms with van der Waals surface area (Å²) in [6.07, 6.45) is 1.50. The first-order valence-electron chi connectivity index (χ1n) is 7.08. The summed E-state index contributed by atoms with van der Waals surface area (Å²) in [6.45, 7) is 7.69. The summed E-state index contributed by atoms with van der Waals surface area (Å²) in [5, 5.41) is 13.9. The number of nitrogens with zero attached hydrogens (tertiary/aromatic N) is 5. The molecular formula is C14H20N6O. The maximum Gasteiger partial charge on any atom is 0.251 e. The number of hydrogen-bond donors (Lipinski definition) is 1. The smallest absolute Gasteiger partial charge is 0.251 e. The second-order valence-corrected chi connectivity index (χ2v) is 4.59. The van der Waals surface area contributed by atoms with Crippen LogP contribution in [0.2, 0.25) is 0 Å². The molecule has 1 N–H and O–H groups in total. The molecular weight excluding hydrogens is 268 g/mol. The van der Waals surface area contributed by atoms with Gasteiger partial charge < -0.3 is 10.2 Å². The highest BCUT2D eigenvalue weighted by Crippen LogP contribution is 2.08. The largest absolute Gasteiger partial charge is 0.351 e. The highest BCUT2D eigenvalue weighted by molar-refractivity contribution is 5.94. The van der Waals surface area contributed by atoms with E-state index in [1.165, 1.54) is 11.0 Å². The van der Waals surface area contributed by atoms with Crippen LogP contribution >= 0.6 is 0 Å². The van der Waals surface area contributed by atoms with Crippen molar-refractivity contribution in [2.45, 2.75) is 13.8 Å². The quantitative estimate of drug-likeness (QED) is 0.813. The van der Waals surface area contributed by atoms with Crippen LogP contribution in [0, 0.1) is 0 Å². The molecule has 7 heteroatoms. The number of carbonyl (C=O) groups is 1. The Morgan fingerprint density at radius 1 is 1.33 bits per heavy atom. The summed E-state index contributed by atoms with van der Waals surface area (Å²) in [7, 11) is 0. The van der Waals surface area contributed by atoms with Gasteiger partial charge in [-0.15, -0.1) is 5.10 Å². The summed E-state index contributed by atoms with van der Waals surface area (Å²) in [5.74, 6) is -0.0860. The number of carbonyl (C=O) groups excluding carboxylic acids is 1. The fourth-order valence-electron chi connectivity index (χ4n) is 2.04. The molecule has 7 nitrogen and oxygen atoms in total. The molecule has 1 aromatic heterocycles. The van der Waals surface area contributed by atoms with Crippen molar-refractivity contribution in [3.8, 4) is 5.69 Å². The van der Waals surface area contributed by atoms with E-state index in [1.54, 1.807) is 12.1 Å². The van der Waals surface area contributed by atoms with Crippen LogP contribution < -0.4 is 5.32 Å². The number of nitrogens with one attached hydrogen (secondary N) is 1. The van der Waals surface area contributed by atoms with Gasteiger partial charge in [-0.25, -0.2) is 4.68 Å². The third-order valence-electron chi connectivity index (χ3n) is 3.33. The highest BCUT2D eigenvalue weighted by atomic mass is 16.1. The third-order valence-corrected chi connectivity index (χ3v) is 3.33. The predicted octanol–water partition coefficient (Wildman–Crippen LogP) is 0.734. The normalized spacial score (nSPS) is 10.8. The van der Waals surface area contributed by atoms with Gasteiger partial charge in [0.25, 0.3) is 5.91 Å². The van der Waals surface area contributed by atoms with Gasteiger partial charge in [0.1, 0.15) is 6.33 Å². The van der Waals surface area contributed by atoms with Crippen LogP contribution in [0.25, 0.3) is 5.69 Å². The van der Waals surface area contributed by atoms with E-state index in [2.05, 4.69) is 39.6 Å². The number of benzene rings is 1. The average molecular weight is 288 g/mol. The van der Waals surface area contributed by atoms with Gasteiger partial charge in [-0.1, -0.05) is 19.9 Å². The minimum absolute atomic E-state index is 0.0860. The molecule has 0 fully saturated rings. The van der Waals surface area contributed by atoms with E-state index >= 15 is 0 Å². The minimum Gasteiger partial charge on any atom is -0.351 e. The van der Waals surface area contributed by atoms with E-state index < -0.39 is 0 Å². The van der Waals surface area contributed by atoms with Crippen LogP contribution in [0.1, 0.15) is 24.2 Å². The Bertz CT molecular complexity index is 565. The number of likely N-dealkylation sites (N-methyl/N-ethyl adjacent to an activating group) is 1. The highest BCUT2D eigenvalue weighted by Gasteiger charge is 2.08. The average Bonchev–Trinajstić information content (AvgIpc) is 3.06. The monoisotopic (exact) mass is 288 g/mol. The van der Waals surface area contributed by atoms with Crippen molar-refractivity contribution < 1.29 is 4.79 Å². The van der Waals surface area contributed by atoms with Crippen molar-refractivity contribution in [2.24, 2.45) is 0 Å². The zero-order chi connectivity index (χ0) is 15.1. The standard InChI is InChI=1S/C14H20N6O/c1-3-19(4-2)9-8-15-14(21)12-6-5-7-13(10-12)20-11-16-17-18-20/h5-7,10-11H,3-4,8-9H2,1-2H3,(H,15,21). The molecule has 2 rings (SSSR count). The maximum absolute atomic E-state index is 12.1. The van der Waals surface area contributed by atoms with E-state index in [4.69, 9.17) is 0 Å². The van der Waals surface area contributed by atoms with Gasteiger partial charge in [0.15, 0.2) is 0 Å². The lowest BCUT2D eigenvalue weighted by Crippen LogP contribution is -2.34. The Hall–Kier alpha value is -2.28. The molecule has 0 unspecified atom stereocenters. The summed E-state index contributed by atoms with van der Waals surface area (Å²) < 4.78 is 1.52. The van der Waals surface area contributed by atoms with E-state index in [9.17, 15) is 4.79 Å². The second kappa shape index (κ2) is 7.49. The van der Waals surface area contributed by atoms with Gasteiger partial charge in [0.2, 0.25) is 0 Å². The number of hydrogen-bond acceptors (Lipinski definition) is 5. The number of amides is 1. The van der Waals surface area contributed by atoms with Crippen LogP contribution in [0.15, 0.2) is 30.6 Å². The topological polar surface area (TPSA) is 75.9 Å². The fourth-order valence-corrected chi connectivity index (χ4v) is 2.04. The van der Waals surface area contributed by atoms with Crippen molar-refractivity contribution in [1.29, 1.82) is 0 Å². The molecule has 0 spiro atoms. The SMILES string of the molecule is CCN(CC)CCNC(=O)c1cccc(-n2cnnn2)c1. The van der Waals surface area contributed by atoms with Crippen molar-refractivity contribution in [1.82, 2.24) is 30.4 Å². The molecule has 0 saturated carbocycles. The van der Waals surface area contributed by atoms with E-state index in [0.29, 0.717) is 12.1 Å². The number of tetrazole rings is 1. The van der Waals surface area contributed by atoms with Crippen LogP contribution in [0.5, 0.6) is 0 Å². The van der Waals surface area contributed by atoms with Gasteiger partial charge in [-0.3, -0.25) is 4.79 Å². The molecule has 112 valence electrons. The summed E-state index contributed by atoms with van der Waals surface area (Å²) >= 11 is 0. The molecule has 2 aromatic rings. The Morgan fingerprint density at radius 3 is 2.81 bits per heavy atom. The van der Waals surface area contributed by atoms with Crippen molar-refractivity contribution >= 4 is 5.91 Å². The number of aromatic nitrogens is 4. The molecule has 0 aliphatic rings. The third kappa shape index (κ3) is 4.09. The van der Waals surface area contributed by atoms with Crippen molar-refractivity contribution in [2.75, 3.05) is 26.2 Å². The number of rotatable bonds is 7. The van der Waals surface area contributed by atoms with Gasteiger partial charge in [-0.05, 0) is 41.7 Å². The first kappa shape index (κ1) is 15.1. The summed E-state index contributed by atoms with van der Waals surface area (Å²) in [6, 6.07) is 7.21. The molecule has 0 atom stereocenters. The van der Waals surface area contributed by atoms with Gasteiger partial charge >= 0.3 is 0 Å². The van der Waals surface area contributed by atoms with E-state index in [-0.39, 0.29) is 5.91 Å². The fraction of sp³-hybridized carbons (Fsp3) is 0.429. The van der Waals surface area contributed by atoms with Gasteiger partial charge in [0, 0.05) is 18.7 Å². The first-order valence-corrected chi connectivity index (χ1v) is 7.08. The van der Waals surface area contributed by atoms with Crippen LogP contribution in [0.4, 0.5) is 0 Å². The molecule has 0 radical (unpaired) electrons. The van der Waals surface area contributed by atoms with Crippen molar-refractivity contribution in [3.05, 3.63) is 36.2 Å². The Balaban J connectivity index is 1.95. The molecule has 0 bridgehead atoms. The van der Waals surface area contributed by atoms with Crippen LogP contribution in [-0.4, -0.2) is 57.2 Å². The van der Waals surface area contributed by atoms with Crippen LogP contribution in [-0.2, 0) is 0 Å². The maximum atomic E-state index is 12.1. The molecule has 0 saturated heterocycles. The molecule has 21 heavy (non-hydrogen) atoms. The Morgan fingerprint density at radius 2 is 2.14 bits per heavy atom.